The molecule has 1 aromatic carbocycles. The van der Waals surface area contributed by atoms with E-state index in [1.807, 2.05) is 0 Å². The average molecular weight is 439 g/mol. The number of hydrogen-bond donors (Lipinski definition) is 2. The molecule has 0 saturated carbocycles. The number of benzene rings is 1. The van der Waals surface area contributed by atoms with Gasteiger partial charge in [0.2, 0.25) is 5.60 Å². The highest BCUT2D eigenvalue weighted by Crippen LogP contribution is 2.34. The Labute approximate surface area is 174 Å². The Hall–Kier alpha value is -2.92. The Morgan fingerprint density at radius 2 is 1.94 bits per heavy atom. The minimum Gasteiger partial charge on any atom is -0.508 e. The molecule has 3 heterocycles. The number of nitrogens with zero attached hydrogens (tertiary/aromatic N) is 3. The van der Waals surface area contributed by atoms with Crippen molar-refractivity contribution in [2.45, 2.75) is 30.8 Å². The lowest BCUT2D eigenvalue weighted by atomic mass is 10.0. The van der Waals surface area contributed by atoms with Gasteiger partial charge in [-0.15, -0.1) is 0 Å². The molecule has 2 saturated heterocycles. The predicted molar refractivity (Wildman–Crippen MR) is 101 cm³/mol. The largest absolute Gasteiger partial charge is 0.508 e. The van der Waals surface area contributed by atoms with Gasteiger partial charge >= 0.3 is 6.18 Å². The van der Waals surface area contributed by atoms with Crippen molar-refractivity contribution in [3.05, 3.63) is 36.0 Å². The van der Waals surface area contributed by atoms with Crippen LogP contribution in [0.4, 0.5) is 13.2 Å². The van der Waals surface area contributed by atoms with Crippen molar-refractivity contribution < 1.29 is 37.7 Å². The van der Waals surface area contributed by atoms with E-state index in [1.165, 1.54) is 23.1 Å². The predicted octanol–water partition coefficient (Wildman–Crippen LogP) is 1.31. The fourth-order valence-electron chi connectivity index (χ4n) is 3.90. The van der Waals surface area contributed by atoms with Gasteiger partial charge in [-0.25, -0.2) is 4.98 Å². The SMILES string of the molecule is CC(O)(C(=O)N1CCO[C@@H]2CN(C(=O)c3ccc4cc(O)ccc4n3)C[C@H]21)C(F)(F)F. The Bertz CT molecular complexity index is 1040. The van der Waals surface area contributed by atoms with E-state index in [0.29, 0.717) is 17.8 Å². The number of fused-ring (bicyclic) bond motifs is 2. The summed E-state index contributed by atoms with van der Waals surface area (Å²) in [6, 6.07) is 6.82. The average Bonchev–Trinajstić information content (AvgIpc) is 3.15. The summed E-state index contributed by atoms with van der Waals surface area (Å²) in [6.45, 7) is 0.343. The molecule has 2 fully saturated rings. The number of halogens is 3. The van der Waals surface area contributed by atoms with Crippen molar-refractivity contribution >= 4 is 22.7 Å². The van der Waals surface area contributed by atoms with Gasteiger partial charge in [-0.1, -0.05) is 6.07 Å². The lowest BCUT2D eigenvalue weighted by Crippen LogP contribution is -2.62. The number of phenolic OH excluding ortho intramolecular Hbond substituents is 1. The smallest absolute Gasteiger partial charge is 0.426 e. The first-order chi connectivity index (χ1) is 14.5. The summed E-state index contributed by atoms with van der Waals surface area (Å²) >= 11 is 0. The van der Waals surface area contributed by atoms with Gasteiger partial charge in [0, 0.05) is 25.0 Å². The number of likely N-dealkylation sites (tertiary alicyclic amines) is 1. The van der Waals surface area contributed by atoms with Crippen LogP contribution in [-0.2, 0) is 9.53 Å². The molecule has 31 heavy (non-hydrogen) atoms. The van der Waals surface area contributed by atoms with Gasteiger partial charge in [0.05, 0.1) is 24.3 Å². The second-order valence-corrected chi connectivity index (χ2v) is 7.83. The molecule has 2 aliphatic heterocycles. The molecular formula is C20H20F3N3O5. The number of carbonyl (C=O) groups excluding carboxylic acids is 2. The van der Waals surface area contributed by atoms with Crippen LogP contribution in [0.1, 0.15) is 17.4 Å². The van der Waals surface area contributed by atoms with Crippen LogP contribution in [-0.4, -0.2) is 87.0 Å². The van der Waals surface area contributed by atoms with Crippen molar-refractivity contribution in [3.8, 4) is 5.75 Å². The monoisotopic (exact) mass is 439 g/mol. The number of pyridine rings is 1. The topological polar surface area (TPSA) is 103 Å². The molecule has 4 rings (SSSR count). The first-order valence-corrected chi connectivity index (χ1v) is 9.60. The summed E-state index contributed by atoms with van der Waals surface area (Å²) in [5, 5.41) is 20.0. The molecule has 1 aromatic heterocycles. The van der Waals surface area contributed by atoms with Gasteiger partial charge in [-0.2, -0.15) is 13.2 Å². The van der Waals surface area contributed by atoms with E-state index in [-0.39, 0.29) is 37.7 Å². The number of amides is 2. The highest BCUT2D eigenvalue weighted by Gasteiger charge is 2.59. The van der Waals surface area contributed by atoms with E-state index in [0.717, 1.165) is 4.90 Å². The van der Waals surface area contributed by atoms with Crippen molar-refractivity contribution in [1.29, 1.82) is 0 Å². The first kappa shape index (κ1) is 21.3. The van der Waals surface area contributed by atoms with Gasteiger partial charge in [0.25, 0.3) is 11.8 Å². The quantitative estimate of drug-likeness (QED) is 0.732. The number of phenols is 1. The number of hydrogen-bond acceptors (Lipinski definition) is 6. The zero-order chi connectivity index (χ0) is 22.6. The molecule has 0 spiro atoms. The number of alkyl halides is 3. The van der Waals surface area contributed by atoms with Crippen LogP contribution >= 0.6 is 0 Å². The van der Waals surface area contributed by atoms with Crippen LogP contribution in [0, 0.1) is 0 Å². The molecule has 11 heteroatoms. The van der Waals surface area contributed by atoms with Gasteiger partial charge in [-0.05, 0) is 31.2 Å². The summed E-state index contributed by atoms with van der Waals surface area (Å²) in [5.74, 6) is -1.85. The molecule has 8 nitrogen and oxygen atoms in total. The van der Waals surface area contributed by atoms with Crippen LogP contribution in [0.15, 0.2) is 30.3 Å². The molecule has 0 aliphatic carbocycles. The van der Waals surface area contributed by atoms with E-state index < -0.39 is 35.7 Å². The van der Waals surface area contributed by atoms with Gasteiger partial charge < -0.3 is 24.7 Å². The summed E-state index contributed by atoms with van der Waals surface area (Å²) in [5.41, 5.74) is -2.91. The summed E-state index contributed by atoms with van der Waals surface area (Å²) in [6.07, 6.45) is -5.79. The van der Waals surface area contributed by atoms with Crippen LogP contribution in [0.25, 0.3) is 10.9 Å². The van der Waals surface area contributed by atoms with Crippen LogP contribution < -0.4 is 0 Å². The first-order valence-electron chi connectivity index (χ1n) is 9.60. The highest BCUT2D eigenvalue weighted by molar-refractivity contribution is 5.95. The molecule has 2 aliphatic rings. The maximum atomic E-state index is 13.1. The number of carbonyl (C=O) groups is 2. The van der Waals surface area contributed by atoms with E-state index >= 15 is 0 Å². The number of morpholine rings is 1. The van der Waals surface area contributed by atoms with Crippen molar-refractivity contribution in [2.75, 3.05) is 26.2 Å². The van der Waals surface area contributed by atoms with Gasteiger partial charge in [-0.3, -0.25) is 9.59 Å². The molecule has 1 unspecified atom stereocenters. The normalized spacial score (nSPS) is 23.5. The van der Waals surface area contributed by atoms with Crippen molar-refractivity contribution in [1.82, 2.24) is 14.8 Å². The summed E-state index contributed by atoms with van der Waals surface area (Å²) in [4.78, 5) is 32.1. The highest BCUT2D eigenvalue weighted by atomic mass is 19.4. The van der Waals surface area contributed by atoms with Crippen LogP contribution in [0.2, 0.25) is 0 Å². The number of aromatic hydroxyl groups is 1. The van der Waals surface area contributed by atoms with Gasteiger partial charge in [0.15, 0.2) is 0 Å². The third-order valence-electron chi connectivity index (χ3n) is 5.71. The fraction of sp³-hybridized carbons (Fsp3) is 0.450. The Kier molecular flexibility index (Phi) is 5.05. The van der Waals surface area contributed by atoms with E-state index in [1.54, 1.807) is 12.1 Å². The Morgan fingerprint density at radius 1 is 1.19 bits per heavy atom. The molecule has 166 valence electrons. The minimum atomic E-state index is -5.13. The molecule has 3 atom stereocenters. The lowest BCUT2D eigenvalue weighted by Gasteiger charge is -2.40. The third kappa shape index (κ3) is 3.68. The molecule has 2 amide bonds. The standard InChI is InChI=1S/C20H20F3N3O5/c1-19(30,20(21,22)23)18(29)26-6-7-31-16-10-25(9-15(16)26)17(28)14-4-2-11-8-12(27)3-5-13(11)24-14/h2-5,8,15-16,27,30H,6-7,9-10H2,1H3/t15-,16-,19?/m1/s1. The number of aliphatic hydroxyl groups is 1. The number of ether oxygens (including phenoxy) is 1. The maximum Gasteiger partial charge on any atom is 0.426 e. The molecule has 2 N–H and O–H groups in total. The summed E-state index contributed by atoms with van der Waals surface area (Å²) < 4.78 is 45.0. The molecule has 2 aromatic rings. The maximum absolute atomic E-state index is 13.1. The minimum absolute atomic E-state index is 0.000587. The lowest BCUT2D eigenvalue weighted by molar-refractivity contribution is -0.253. The van der Waals surface area contributed by atoms with Gasteiger partial charge in [0.1, 0.15) is 11.4 Å². The van der Waals surface area contributed by atoms with E-state index in [2.05, 4.69) is 4.98 Å². The van der Waals surface area contributed by atoms with Crippen molar-refractivity contribution in [2.24, 2.45) is 0 Å². The Balaban J connectivity index is 1.55. The van der Waals surface area contributed by atoms with Crippen LogP contribution in [0.5, 0.6) is 5.75 Å². The van der Waals surface area contributed by atoms with Crippen LogP contribution in [0.3, 0.4) is 0 Å². The van der Waals surface area contributed by atoms with E-state index in [9.17, 15) is 33.0 Å². The number of rotatable bonds is 2. The summed E-state index contributed by atoms with van der Waals surface area (Å²) in [7, 11) is 0. The Morgan fingerprint density at radius 3 is 2.65 bits per heavy atom. The second-order valence-electron chi connectivity index (χ2n) is 7.83. The zero-order valence-corrected chi connectivity index (χ0v) is 16.5. The van der Waals surface area contributed by atoms with Crippen molar-refractivity contribution in [3.63, 3.8) is 0 Å². The zero-order valence-electron chi connectivity index (χ0n) is 16.5. The molecule has 0 bridgehead atoms. The second kappa shape index (κ2) is 7.34. The third-order valence-corrected chi connectivity index (χ3v) is 5.71. The molecule has 0 radical (unpaired) electrons. The number of aromatic nitrogens is 1. The van der Waals surface area contributed by atoms with E-state index in [4.69, 9.17) is 4.74 Å². The fourth-order valence-corrected chi connectivity index (χ4v) is 3.90. The molecular weight excluding hydrogens is 419 g/mol.